The third-order valence-corrected chi connectivity index (χ3v) is 3.04. The molecule has 0 radical (unpaired) electrons. The Kier molecular flexibility index (Phi) is 5.65. The fraction of sp³-hybridized carbons (Fsp3) is 0.769. The first kappa shape index (κ1) is 14.2. The van der Waals surface area contributed by atoms with E-state index in [1.807, 2.05) is 18.7 Å². The Balaban J connectivity index is 2.86. The Bertz CT molecular complexity index is 339. The summed E-state index contributed by atoms with van der Waals surface area (Å²) in [4.78, 5) is 0. The maximum Gasteiger partial charge on any atom is 0.0662 e. The molecule has 1 rings (SSSR count). The van der Waals surface area contributed by atoms with E-state index in [9.17, 15) is 0 Å². The van der Waals surface area contributed by atoms with Crippen LogP contribution in [0.4, 0.5) is 0 Å². The number of nitrogens with zero attached hydrogens (tertiary/aromatic N) is 2. The molecule has 0 spiro atoms. The van der Waals surface area contributed by atoms with Gasteiger partial charge in [-0.3, -0.25) is 4.68 Å². The van der Waals surface area contributed by atoms with E-state index in [-0.39, 0.29) is 6.04 Å². The molecule has 1 aromatic heterocycles. The van der Waals surface area contributed by atoms with E-state index in [2.05, 4.69) is 31.2 Å². The second-order valence-electron chi connectivity index (χ2n) is 4.37. The van der Waals surface area contributed by atoms with Gasteiger partial charge in [-0.05, 0) is 33.7 Å². The molecule has 0 aromatic carbocycles. The molecule has 0 saturated carbocycles. The van der Waals surface area contributed by atoms with Gasteiger partial charge in [-0.15, -0.1) is 0 Å². The lowest BCUT2D eigenvalue weighted by Crippen LogP contribution is -2.27. The number of hydrogen-bond acceptors (Lipinski definition) is 3. The highest BCUT2D eigenvalue weighted by atomic mass is 16.5. The number of aromatic nitrogens is 2. The van der Waals surface area contributed by atoms with Gasteiger partial charge in [0.15, 0.2) is 0 Å². The Hall–Kier alpha value is -0.870. The molecule has 4 heteroatoms. The molecule has 0 aliphatic rings. The van der Waals surface area contributed by atoms with Crippen LogP contribution in [0, 0.1) is 13.8 Å². The van der Waals surface area contributed by atoms with E-state index in [0.717, 1.165) is 25.3 Å². The zero-order valence-corrected chi connectivity index (χ0v) is 11.7. The highest BCUT2D eigenvalue weighted by Crippen LogP contribution is 2.21. The van der Waals surface area contributed by atoms with Crippen LogP contribution in [0.5, 0.6) is 0 Å². The van der Waals surface area contributed by atoms with Crippen LogP contribution in [-0.2, 0) is 11.8 Å². The molecule has 0 amide bonds. The van der Waals surface area contributed by atoms with Crippen molar-refractivity contribution in [2.45, 2.75) is 40.2 Å². The fourth-order valence-electron chi connectivity index (χ4n) is 2.09. The van der Waals surface area contributed by atoms with E-state index >= 15 is 0 Å². The molecule has 0 fully saturated rings. The zero-order valence-electron chi connectivity index (χ0n) is 11.7. The van der Waals surface area contributed by atoms with Crippen LogP contribution in [0.1, 0.15) is 43.3 Å². The van der Waals surface area contributed by atoms with Gasteiger partial charge in [0.2, 0.25) is 0 Å². The summed E-state index contributed by atoms with van der Waals surface area (Å²) in [5.74, 6) is 0. The first-order valence-corrected chi connectivity index (χ1v) is 6.43. The minimum atomic E-state index is 0.253. The molecule has 0 saturated heterocycles. The smallest absolute Gasteiger partial charge is 0.0662 e. The first-order valence-electron chi connectivity index (χ1n) is 6.43. The number of hydrogen-bond donors (Lipinski definition) is 1. The number of nitrogens with one attached hydrogen (secondary N) is 1. The van der Waals surface area contributed by atoms with Crippen molar-refractivity contribution in [2.75, 3.05) is 19.8 Å². The van der Waals surface area contributed by atoms with E-state index in [1.165, 1.54) is 11.3 Å². The zero-order chi connectivity index (χ0) is 12.8. The van der Waals surface area contributed by atoms with Crippen molar-refractivity contribution in [3.8, 4) is 0 Å². The molecule has 1 atom stereocenters. The topological polar surface area (TPSA) is 39.1 Å². The van der Waals surface area contributed by atoms with Crippen molar-refractivity contribution in [3.63, 3.8) is 0 Å². The number of ether oxygens (including phenoxy) is 1. The summed E-state index contributed by atoms with van der Waals surface area (Å²) in [7, 11) is 1.99. The van der Waals surface area contributed by atoms with Gasteiger partial charge in [0.25, 0.3) is 0 Å². The van der Waals surface area contributed by atoms with Gasteiger partial charge in [0.05, 0.1) is 18.3 Å². The molecule has 0 aliphatic heterocycles. The lowest BCUT2D eigenvalue weighted by Gasteiger charge is -2.19. The molecule has 4 nitrogen and oxygen atoms in total. The summed E-state index contributed by atoms with van der Waals surface area (Å²) in [6, 6.07) is 0.253. The van der Waals surface area contributed by atoms with Crippen molar-refractivity contribution in [1.29, 1.82) is 0 Å². The van der Waals surface area contributed by atoms with Crippen molar-refractivity contribution >= 4 is 0 Å². The third kappa shape index (κ3) is 3.54. The number of aryl methyl sites for hydroxylation is 2. The molecule has 17 heavy (non-hydrogen) atoms. The standard InChI is InChI=1S/C13H25N3O/c1-6-8-14-12(9-17-7-2)13-10(3)15-16(5)11(13)4/h12,14H,6-9H2,1-5H3. The average Bonchev–Trinajstić information content (AvgIpc) is 2.55. The van der Waals surface area contributed by atoms with Crippen LogP contribution in [0.2, 0.25) is 0 Å². The van der Waals surface area contributed by atoms with E-state index in [1.54, 1.807) is 0 Å². The third-order valence-electron chi connectivity index (χ3n) is 3.04. The molecule has 0 aliphatic carbocycles. The predicted molar refractivity (Wildman–Crippen MR) is 70.2 cm³/mol. The van der Waals surface area contributed by atoms with Gasteiger partial charge in [-0.1, -0.05) is 6.92 Å². The van der Waals surface area contributed by atoms with Crippen LogP contribution in [-0.4, -0.2) is 29.5 Å². The van der Waals surface area contributed by atoms with Gasteiger partial charge < -0.3 is 10.1 Å². The maximum atomic E-state index is 5.57. The second kappa shape index (κ2) is 6.77. The lowest BCUT2D eigenvalue weighted by atomic mass is 10.1. The summed E-state index contributed by atoms with van der Waals surface area (Å²) in [5, 5.41) is 8.01. The molecule has 1 heterocycles. The maximum absolute atomic E-state index is 5.57. The molecular formula is C13H25N3O. The molecular weight excluding hydrogens is 214 g/mol. The predicted octanol–water partition coefficient (Wildman–Crippen LogP) is 2.11. The van der Waals surface area contributed by atoms with Gasteiger partial charge in [-0.25, -0.2) is 0 Å². The van der Waals surface area contributed by atoms with Crippen molar-refractivity contribution in [2.24, 2.45) is 7.05 Å². The summed E-state index contributed by atoms with van der Waals surface area (Å²) >= 11 is 0. The summed E-state index contributed by atoms with van der Waals surface area (Å²) in [5.41, 5.74) is 3.60. The van der Waals surface area contributed by atoms with Gasteiger partial charge in [0.1, 0.15) is 0 Å². The highest BCUT2D eigenvalue weighted by Gasteiger charge is 2.19. The summed E-state index contributed by atoms with van der Waals surface area (Å²) in [6.07, 6.45) is 1.13. The number of rotatable bonds is 7. The molecule has 1 aromatic rings. The van der Waals surface area contributed by atoms with Crippen molar-refractivity contribution in [1.82, 2.24) is 15.1 Å². The van der Waals surface area contributed by atoms with Gasteiger partial charge >= 0.3 is 0 Å². The normalized spacial score (nSPS) is 13.0. The molecule has 0 bridgehead atoms. The molecule has 1 unspecified atom stereocenters. The Morgan fingerprint density at radius 3 is 2.53 bits per heavy atom. The highest BCUT2D eigenvalue weighted by molar-refractivity contribution is 5.28. The second-order valence-corrected chi connectivity index (χ2v) is 4.37. The van der Waals surface area contributed by atoms with Crippen LogP contribution >= 0.6 is 0 Å². The fourth-order valence-corrected chi connectivity index (χ4v) is 2.09. The van der Waals surface area contributed by atoms with E-state index in [4.69, 9.17) is 4.74 Å². The average molecular weight is 239 g/mol. The van der Waals surface area contributed by atoms with E-state index < -0.39 is 0 Å². The van der Waals surface area contributed by atoms with E-state index in [0.29, 0.717) is 6.61 Å². The van der Waals surface area contributed by atoms with Gasteiger partial charge in [-0.2, -0.15) is 5.10 Å². The summed E-state index contributed by atoms with van der Waals surface area (Å²) < 4.78 is 7.51. The van der Waals surface area contributed by atoms with Crippen molar-refractivity contribution in [3.05, 3.63) is 17.0 Å². The minimum absolute atomic E-state index is 0.253. The quantitative estimate of drug-likeness (QED) is 0.792. The lowest BCUT2D eigenvalue weighted by molar-refractivity contribution is 0.122. The minimum Gasteiger partial charge on any atom is -0.380 e. The monoisotopic (exact) mass is 239 g/mol. The van der Waals surface area contributed by atoms with Crippen LogP contribution in [0.3, 0.4) is 0 Å². The SMILES string of the molecule is CCCNC(COCC)c1c(C)nn(C)c1C. The molecule has 98 valence electrons. The molecule has 1 N–H and O–H groups in total. The van der Waals surface area contributed by atoms with Crippen LogP contribution < -0.4 is 5.32 Å². The first-order chi connectivity index (χ1) is 8.11. The Labute approximate surface area is 104 Å². The summed E-state index contributed by atoms with van der Waals surface area (Å²) in [6.45, 7) is 10.8. The van der Waals surface area contributed by atoms with Gasteiger partial charge in [0, 0.05) is 24.9 Å². The largest absolute Gasteiger partial charge is 0.380 e. The van der Waals surface area contributed by atoms with Crippen molar-refractivity contribution < 1.29 is 4.74 Å². The van der Waals surface area contributed by atoms with Crippen LogP contribution in [0.25, 0.3) is 0 Å². The Morgan fingerprint density at radius 2 is 2.06 bits per heavy atom. The Morgan fingerprint density at radius 1 is 1.35 bits per heavy atom. The van der Waals surface area contributed by atoms with Crippen LogP contribution in [0.15, 0.2) is 0 Å².